The number of carbonyl (C=O) groups excluding carboxylic acids is 2. The predicted molar refractivity (Wildman–Crippen MR) is 71.6 cm³/mol. The molecule has 5 atom stereocenters. The van der Waals surface area contributed by atoms with Crippen molar-refractivity contribution in [1.29, 1.82) is 0 Å². The maximum atomic E-state index is 12.1. The van der Waals surface area contributed by atoms with Gasteiger partial charge < -0.3 is 19.3 Å². The summed E-state index contributed by atoms with van der Waals surface area (Å²) >= 11 is 5.86. The van der Waals surface area contributed by atoms with E-state index in [2.05, 4.69) is 0 Å². The van der Waals surface area contributed by atoms with Gasteiger partial charge in [0, 0.05) is 0 Å². The van der Waals surface area contributed by atoms with Gasteiger partial charge in [0.2, 0.25) is 0 Å². The molecule has 2 aliphatic heterocycles. The van der Waals surface area contributed by atoms with E-state index in [1.165, 1.54) is 6.08 Å². The zero-order valence-electron chi connectivity index (χ0n) is 11.7. The minimum atomic E-state index is -0.800. The maximum absolute atomic E-state index is 12.1. The van der Waals surface area contributed by atoms with Gasteiger partial charge in [0.05, 0.1) is 24.0 Å². The molecule has 0 amide bonds. The van der Waals surface area contributed by atoms with Gasteiger partial charge >= 0.3 is 0 Å². The summed E-state index contributed by atoms with van der Waals surface area (Å²) < 4.78 is 17.3. The molecule has 2 saturated heterocycles. The summed E-state index contributed by atoms with van der Waals surface area (Å²) in [6, 6.07) is 0. The molecular formula is C14H17ClO6. The molecule has 21 heavy (non-hydrogen) atoms. The van der Waals surface area contributed by atoms with Crippen molar-refractivity contribution in [2.24, 2.45) is 5.92 Å². The number of fused-ring (bicyclic) bond motifs is 1. The second-order valence-corrected chi connectivity index (χ2v) is 6.40. The Balaban J connectivity index is 1.89. The van der Waals surface area contributed by atoms with Crippen molar-refractivity contribution in [2.45, 2.75) is 50.5 Å². The van der Waals surface area contributed by atoms with E-state index >= 15 is 0 Å². The highest BCUT2D eigenvalue weighted by molar-refractivity contribution is 6.44. The largest absolute Gasteiger partial charge is 0.394 e. The number of halogens is 1. The highest BCUT2D eigenvalue weighted by Crippen LogP contribution is 2.42. The summed E-state index contributed by atoms with van der Waals surface area (Å²) in [5.74, 6) is -2.09. The van der Waals surface area contributed by atoms with Gasteiger partial charge in [-0.25, -0.2) is 0 Å². The first-order chi connectivity index (χ1) is 9.82. The lowest BCUT2D eigenvalue weighted by Gasteiger charge is -2.28. The molecule has 3 rings (SSSR count). The number of Topliss-reactive ketones (excluding diaryl/α,β-unsaturated/α-hetero) is 2. The fourth-order valence-corrected chi connectivity index (χ4v) is 3.34. The van der Waals surface area contributed by atoms with Crippen LogP contribution < -0.4 is 0 Å². The molecule has 3 unspecified atom stereocenters. The first kappa shape index (κ1) is 15.1. The van der Waals surface area contributed by atoms with Gasteiger partial charge in [-0.1, -0.05) is 11.6 Å². The van der Waals surface area contributed by atoms with Gasteiger partial charge in [-0.3, -0.25) is 9.59 Å². The first-order valence-electron chi connectivity index (χ1n) is 6.87. The third-order valence-corrected chi connectivity index (χ3v) is 4.36. The maximum Gasteiger partial charge on any atom is 0.181 e. The van der Waals surface area contributed by atoms with Crippen LogP contribution in [0.1, 0.15) is 20.3 Å². The summed E-state index contributed by atoms with van der Waals surface area (Å²) in [7, 11) is 0. The van der Waals surface area contributed by atoms with Gasteiger partial charge in [-0.15, -0.1) is 0 Å². The quantitative estimate of drug-likeness (QED) is 0.749. The van der Waals surface area contributed by atoms with Gasteiger partial charge in [0.25, 0.3) is 0 Å². The Morgan fingerprint density at radius 1 is 1.29 bits per heavy atom. The Morgan fingerprint density at radius 3 is 2.62 bits per heavy atom. The van der Waals surface area contributed by atoms with Crippen molar-refractivity contribution in [1.82, 2.24) is 0 Å². The Labute approximate surface area is 127 Å². The van der Waals surface area contributed by atoms with E-state index in [1.54, 1.807) is 13.8 Å². The molecule has 0 aromatic rings. The molecule has 0 saturated carbocycles. The zero-order chi connectivity index (χ0) is 15.4. The van der Waals surface area contributed by atoms with E-state index in [4.69, 9.17) is 25.8 Å². The van der Waals surface area contributed by atoms with Gasteiger partial charge in [0.15, 0.2) is 11.6 Å². The Bertz CT molecular complexity index is 514. The minimum Gasteiger partial charge on any atom is -0.394 e. The molecule has 2 fully saturated rings. The SMILES string of the molecule is CC1(C)OC2C(O1)[C@@H](CO)O[C@H]2C1C=C(Cl)C(=O)CC1=O. The van der Waals surface area contributed by atoms with Crippen molar-refractivity contribution in [2.75, 3.05) is 6.61 Å². The molecule has 2 heterocycles. The van der Waals surface area contributed by atoms with Crippen molar-refractivity contribution in [3.63, 3.8) is 0 Å². The van der Waals surface area contributed by atoms with Crippen LogP contribution in [0.3, 0.4) is 0 Å². The number of carbonyl (C=O) groups is 2. The Kier molecular flexibility index (Phi) is 3.70. The van der Waals surface area contributed by atoms with Crippen LogP contribution in [0.2, 0.25) is 0 Å². The molecule has 116 valence electrons. The highest BCUT2D eigenvalue weighted by Gasteiger charge is 2.57. The van der Waals surface area contributed by atoms with Crippen molar-refractivity contribution in [3.05, 3.63) is 11.1 Å². The van der Waals surface area contributed by atoms with Crippen molar-refractivity contribution < 1.29 is 28.9 Å². The second kappa shape index (κ2) is 5.14. The van der Waals surface area contributed by atoms with E-state index in [0.717, 1.165) is 0 Å². The molecule has 0 spiro atoms. The number of rotatable bonds is 2. The molecule has 0 bridgehead atoms. The van der Waals surface area contributed by atoms with E-state index in [-0.39, 0.29) is 29.6 Å². The number of allylic oxidation sites excluding steroid dienone is 1. The number of hydrogen-bond donors (Lipinski definition) is 1. The fraction of sp³-hybridized carbons (Fsp3) is 0.714. The van der Waals surface area contributed by atoms with Crippen LogP contribution >= 0.6 is 11.6 Å². The number of aliphatic hydroxyl groups is 1. The van der Waals surface area contributed by atoms with E-state index < -0.39 is 36.1 Å². The van der Waals surface area contributed by atoms with Gasteiger partial charge in [0.1, 0.15) is 30.2 Å². The van der Waals surface area contributed by atoms with Crippen LogP contribution in [0.5, 0.6) is 0 Å². The van der Waals surface area contributed by atoms with Crippen LogP contribution in [0.4, 0.5) is 0 Å². The summed E-state index contributed by atoms with van der Waals surface area (Å²) in [6.07, 6.45) is -0.882. The predicted octanol–water partition coefficient (Wildman–Crippen LogP) is 0.547. The summed E-state index contributed by atoms with van der Waals surface area (Å²) in [5, 5.41) is 9.46. The van der Waals surface area contributed by atoms with Gasteiger partial charge in [-0.2, -0.15) is 0 Å². The molecule has 0 radical (unpaired) electrons. The molecule has 0 aromatic heterocycles. The lowest BCUT2D eigenvalue weighted by Crippen LogP contribution is -2.40. The molecule has 0 aromatic carbocycles. The summed E-state index contributed by atoms with van der Waals surface area (Å²) in [6.45, 7) is 3.31. The molecule has 6 nitrogen and oxygen atoms in total. The van der Waals surface area contributed by atoms with Crippen LogP contribution in [-0.2, 0) is 23.8 Å². The van der Waals surface area contributed by atoms with Gasteiger partial charge in [-0.05, 0) is 19.9 Å². The van der Waals surface area contributed by atoms with Crippen molar-refractivity contribution in [3.8, 4) is 0 Å². The Morgan fingerprint density at radius 2 is 1.95 bits per heavy atom. The van der Waals surface area contributed by atoms with Crippen LogP contribution in [-0.4, -0.2) is 53.5 Å². The number of ketones is 2. The van der Waals surface area contributed by atoms with E-state index in [9.17, 15) is 14.7 Å². The van der Waals surface area contributed by atoms with E-state index in [0.29, 0.717) is 0 Å². The van der Waals surface area contributed by atoms with Crippen LogP contribution in [0.25, 0.3) is 0 Å². The number of aliphatic hydroxyl groups excluding tert-OH is 1. The smallest absolute Gasteiger partial charge is 0.181 e. The van der Waals surface area contributed by atoms with Crippen LogP contribution in [0.15, 0.2) is 11.1 Å². The molecular weight excluding hydrogens is 300 g/mol. The fourth-order valence-electron chi connectivity index (χ4n) is 3.13. The van der Waals surface area contributed by atoms with E-state index in [1.807, 2.05) is 0 Å². The van der Waals surface area contributed by atoms with Crippen molar-refractivity contribution >= 4 is 23.2 Å². The molecule has 1 N–H and O–H groups in total. The average Bonchev–Trinajstić information content (AvgIpc) is 2.87. The monoisotopic (exact) mass is 316 g/mol. The molecule has 7 heteroatoms. The lowest BCUT2D eigenvalue weighted by atomic mass is 9.86. The number of ether oxygens (including phenoxy) is 3. The number of hydrogen-bond acceptors (Lipinski definition) is 6. The lowest BCUT2D eigenvalue weighted by molar-refractivity contribution is -0.194. The average molecular weight is 317 g/mol. The molecule has 3 aliphatic rings. The highest BCUT2D eigenvalue weighted by atomic mass is 35.5. The normalized spacial score (nSPS) is 42.1. The standard InChI is InChI=1S/C14H17ClO6/c1-14(2)20-12-10(5-16)19-11(13(12)21-14)6-3-7(15)9(18)4-8(6)17/h3,6,10-13,16H,4-5H2,1-2H3/t6?,10-,11+,12?,13?/m1/s1. The minimum absolute atomic E-state index is 0.0466. The second-order valence-electron chi connectivity index (χ2n) is 5.99. The van der Waals surface area contributed by atoms with Crippen LogP contribution in [0, 0.1) is 5.92 Å². The third kappa shape index (κ3) is 2.55. The topological polar surface area (TPSA) is 82.1 Å². The molecule has 1 aliphatic carbocycles. The zero-order valence-corrected chi connectivity index (χ0v) is 12.5. The Hall–Kier alpha value is -0.790. The first-order valence-corrected chi connectivity index (χ1v) is 7.25. The third-order valence-electron chi connectivity index (χ3n) is 4.02. The summed E-state index contributed by atoms with van der Waals surface area (Å²) in [4.78, 5) is 23.6. The summed E-state index contributed by atoms with van der Waals surface area (Å²) in [5.41, 5.74) is 0.